The van der Waals surface area contributed by atoms with Gasteiger partial charge in [-0.1, -0.05) is 38.1 Å². The molecular weight excluding hydrogens is 234 g/mol. The van der Waals surface area contributed by atoms with Gasteiger partial charge in [0.2, 0.25) is 0 Å². The first-order chi connectivity index (χ1) is 9.31. The summed E-state index contributed by atoms with van der Waals surface area (Å²) in [5.74, 6) is 1.73. The van der Waals surface area contributed by atoms with Gasteiger partial charge >= 0.3 is 0 Å². The Bertz CT molecular complexity index is 492. The number of rotatable bonds is 6. The molecule has 0 saturated heterocycles. The molecular formula is C17H21NO. The fourth-order valence-electron chi connectivity index (χ4n) is 2.00. The molecule has 2 nitrogen and oxygen atoms in total. The van der Waals surface area contributed by atoms with Crippen molar-refractivity contribution in [3.05, 3.63) is 54.6 Å². The third kappa shape index (κ3) is 4.02. The Morgan fingerprint density at radius 1 is 0.895 bits per heavy atom. The SMILES string of the molecule is CCC(CC)Nc1cccc(Oc2ccccc2)c1. The van der Waals surface area contributed by atoms with Crippen LogP contribution < -0.4 is 10.1 Å². The number of para-hydroxylation sites is 1. The van der Waals surface area contributed by atoms with Gasteiger partial charge < -0.3 is 10.1 Å². The van der Waals surface area contributed by atoms with Crippen molar-refractivity contribution < 1.29 is 4.74 Å². The molecule has 0 aliphatic carbocycles. The predicted octanol–water partition coefficient (Wildman–Crippen LogP) is 5.08. The summed E-state index contributed by atoms with van der Waals surface area (Å²) in [7, 11) is 0. The van der Waals surface area contributed by atoms with E-state index in [4.69, 9.17) is 4.74 Å². The van der Waals surface area contributed by atoms with E-state index in [0.717, 1.165) is 30.0 Å². The van der Waals surface area contributed by atoms with E-state index in [2.05, 4.69) is 25.2 Å². The molecule has 2 heteroatoms. The fraction of sp³-hybridized carbons (Fsp3) is 0.294. The third-order valence-corrected chi connectivity index (χ3v) is 3.17. The van der Waals surface area contributed by atoms with E-state index >= 15 is 0 Å². The topological polar surface area (TPSA) is 21.3 Å². The van der Waals surface area contributed by atoms with Crippen molar-refractivity contribution in [2.75, 3.05) is 5.32 Å². The molecule has 1 N–H and O–H groups in total. The van der Waals surface area contributed by atoms with Crippen molar-refractivity contribution in [1.29, 1.82) is 0 Å². The van der Waals surface area contributed by atoms with Crippen molar-refractivity contribution in [1.82, 2.24) is 0 Å². The molecule has 0 spiro atoms. The first kappa shape index (κ1) is 13.5. The second kappa shape index (κ2) is 6.83. The summed E-state index contributed by atoms with van der Waals surface area (Å²) < 4.78 is 5.83. The number of benzene rings is 2. The highest BCUT2D eigenvalue weighted by Crippen LogP contribution is 2.24. The number of anilines is 1. The van der Waals surface area contributed by atoms with Crippen molar-refractivity contribution in [2.24, 2.45) is 0 Å². The Balaban J connectivity index is 2.07. The predicted molar refractivity (Wildman–Crippen MR) is 81.0 cm³/mol. The summed E-state index contributed by atoms with van der Waals surface area (Å²) in [4.78, 5) is 0. The molecule has 0 fully saturated rings. The third-order valence-electron chi connectivity index (χ3n) is 3.17. The first-order valence-corrected chi connectivity index (χ1v) is 6.91. The summed E-state index contributed by atoms with van der Waals surface area (Å²) in [6, 6.07) is 18.5. The first-order valence-electron chi connectivity index (χ1n) is 6.91. The van der Waals surface area contributed by atoms with Crippen LogP contribution in [-0.2, 0) is 0 Å². The van der Waals surface area contributed by atoms with Crippen LogP contribution in [0, 0.1) is 0 Å². The van der Waals surface area contributed by atoms with E-state index in [-0.39, 0.29) is 0 Å². The van der Waals surface area contributed by atoms with Gasteiger partial charge in [0.15, 0.2) is 0 Å². The summed E-state index contributed by atoms with van der Waals surface area (Å²) in [5.41, 5.74) is 1.11. The minimum absolute atomic E-state index is 0.520. The lowest BCUT2D eigenvalue weighted by Gasteiger charge is -2.16. The molecule has 2 rings (SSSR count). The zero-order valence-corrected chi connectivity index (χ0v) is 11.6. The van der Waals surface area contributed by atoms with Crippen LogP contribution in [0.3, 0.4) is 0 Å². The van der Waals surface area contributed by atoms with Crippen LogP contribution in [-0.4, -0.2) is 6.04 Å². The average Bonchev–Trinajstić information content (AvgIpc) is 2.46. The van der Waals surface area contributed by atoms with E-state index in [9.17, 15) is 0 Å². The quantitative estimate of drug-likeness (QED) is 0.777. The molecule has 0 heterocycles. The van der Waals surface area contributed by atoms with Crippen molar-refractivity contribution >= 4 is 5.69 Å². The molecule has 2 aromatic carbocycles. The van der Waals surface area contributed by atoms with Gasteiger partial charge in [0.25, 0.3) is 0 Å². The second-order valence-electron chi connectivity index (χ2n) is 4.60. The van der Waals surface area contributed by atoms with Gasteiger partial charge in [0.1, 0.15) is 11.5 Å². The van der Waals surface area contributed by atoms with Crippen LogP contribution in [0.1, 0.15) is 26.7 Å². The summed E-state index contributed by atoms with van der Waals surface area (Å²) in [6.07, 6.45) is 2.25. The normalized spacial score (nSPS) is 10.5. The molecule has 0 bridgehead atoms. The molecule has 0 atom stereocenters. The van der Waals surface area contributed by atoms with Crippen molar-refractivity contribution in [3.8, 4) is 11.5 Å². The molecule has 0 aromatic heterocycles. The van der Waals surface area contributed by atoms with Crippen LogP contribution in [0.2, 0.25) is 0 Å². The Labute approximate surface area is 115 Å². The molecule has 100 valence electrons. The molecule has 0 aliphatic heterocycles. The van der Waals surface area contributed by atoms with Crippen LogP contribution in [0.5, 0.6) is 11.5 Å². The van der Waals surface area contributed by atoms with Gasteiger partial charge in [0.05, 0.1) is 0 Å². The highest BCUT2D eigenvalue weighted by Gasteiger charge is 2.04. The zero-order valence-electron chi connectivity index (χ0n) is 11.6. The molecule has 19 heavy (non-hydrogen) atoms. The Hall–Kier alpha value is -1.96. The standard InChI is InChI=1S/C17H21NO/c1-3-14(4-2)18-15-9-8-12-17(13-15)19-16-10-6-5-7-11-16/h5-14,18H,3-4H2,1-2H3. The number of ether oxygens (including phenoxy) is 1. The summed E-state index contributed by atoms with van der Waals surface area (Å²) in [6.45, 7) is 4.40. The molecule has 0 unspecified atom stereocenters. The van der Waals surface area contributed by atoms with E-state index in [1.165, 1.54) is 0 Å². The maximum Gasteiger partial charge on any atom is 0.129 e. The van der Waals surface area contributed by atoms with E-state index in [1.807, 2.05) is 48.5 Å². The zero-order chi connectivity index (χ0) is 13.5. The van der Waals surface area contributed by atoms with E-state index < -0.39 is 0 Å². The second-order valence-corrected chi connectivity index (χ2v) is 4.60. The maximum atomic E-state index is 5.83. The lowest BCUT2D eigenvalue weighted by atomic mass is 10.1. The highest BCUT2D eigenvalue weighted by molar-refractivity contribution is 5.49. The molecule has 0 radical (unpaired) electrons. The fourth-order valence-corrected chi connectivity index (χ4v) is 2.00. The van der Waals surface area contributed by atoms with Gasteiger partial charge in [0, 0.05) is 17.8 Å². The van der Waals surface area contributed by atoms with Crippen LogP contribution in [0.4, 0.5) is 5.69 Å². The average molecular weight is 255 g/mol. The minimum Gasteiger partial charge on any atom is -0.457 e. The van der Waals surface area contributed by atoms with Crippen LogP contribution >= 0.6 is 0 Å². The van der Waals surface area contributed by atoms with Gasteiger partial charge in [-0.05, 0) is 37.1 Å². The Morgan fingerprint density at radius 2 is 1.58 bits per heavy atom. The molecule has 0 amide bonds. The smallest absolute Gasteiger partial charge is 0.129 e. The largest absolute Gasteiger partial charge is 0.457 e. The number of hydrogen-bond acceptors (Lipinski definition) is 2. The van der Waals surface area contributed by atoms with E-state index in [1.54, 1.807) is 0 Å². The van der Waals surface area contributed by atoms with E-state index in [0.29, 0.717) is 6.04 Å². The van der Waals surface area contributed by atoms with Crippen molar-refractivity contribution in [2.45, 2.75) is 32.7 Å². The monoisotopic (exact) mass is 255 g/mol. The molecule has 0 saturated carbocycles. The van der Waals surface area contributed by atoms with Gasteiger partial charge in [-0.15, -0.1) is 0 Å². The van der Waals surface area contributed by atoms with Gasteiger partial charge in [-0.2, -0.15) is 0 Å². The minimum atomic E-state index is 0.520. The molecule has 2 aromatic rings. The highest BCUT2D eigenvalue weighted by atomic mass is 16.5. The summed E-state index contributed by atoms with van der Waals surface area (Å²) in [5, 5.41) is 3.52. The lowest BCUT2D eigenvalue weighted by Crippen LogP contribution is -2.16. The number of hydrogen-bond donors (Lipinski definition) is 1. The van der Waals surface area contributed by atoms with Crippen LogP contribution in [0.15, 0.2) is 54.6 Å². The van der Waals surface area contributed by atoms with Gasteiger partial charge in [-0.3, -0.25) is 0 Å². The Morgan fingerprint density at radius 3 is 2.26 bits per heavy atom. The Kier molecular flexibility index (Phi) is 4.85. The van der Waals surface area contributed by atoms with Crippen LogP contribution in [0.25, 0.3) is 0 Å². The lowest BCUT2D eigenvalue weighted by molar-refractivity contribution is 0.483. The van der Waals surface area contributed by atoms with Gasteiger partial charge in [-0.25, -0.2) is 0 Å². The maximum absolute atomic E-state index is 5.83. The molecule has 0 aliphatic rings. The number of nitrogens with one attached hydrogen (secondary N) is 1. The summed E-state index contributed by atoms with van der Waals surface area (Å²) >= 11 is 0. The van der Waals surface area contributed by atoms with Crippen molar-refractivity contribution in [3.63, 3.8) is 0 Å².